The number of fused-ring (bicyclic) bond motifs is 1. The smallest absolute Gasteiger partial charge is 0.352 e. The summed E-state index contributed by atoms with van der Waals surface area (Å²) in [7, 11) is -4.06. The van der Waals surface area contributed by atoms with Crippen LogP contribution in [0.1, 0.15) is 21.6 Å². The van der Waals surface area contributed by atoms with Crippen molar-refractivity contribution >= 4 is 32.9 Å². The van der Waals surface area contributed by atoms with Gasteiger partial charge in [-0.25, -0.2) is 13.2 Å². The summed E-state index contributed by atoms with van der Waals surface area (Å²) in [5.74, 6) is -2.46. The van der Waals surface area contributed by atoms with Crippen LogP contribution in [0.2, 0.25) is 0 Å². The number of nitrogens with zero attached hydrogens (tertiary/aromatic N) is 1. The number of hydrogen-bond acceptors (Lipinski definition) is 4. The molecule has 0 saturated carbocycles. The number of para-hydroxylation sites is 1. The van der Waals surface area contributed by atoms with E-state index in [0.29, 0.717) is 16.5 Å². The van der Waals surface area contributed by atoms with Crippen LogP contribution in [-0.2, 0) is 21.2 Å². The average Bonchev–Trinajstić information content (AvgIpc) is 3.04. The van der Waals surface area contributed by atoms with Crippen molar-refractivity contribution in [3.05, 3.63) is 65.4 Å². The van der Waals surface area contributed by atoms with Gasteiger partial charge in [0.25, 0.3) is 0 Å². The van der Waals surface area contributed by atoms with E-state index in [2.05, 4.69) is 4.98 Å². The van der Waals surface area contributed by atoms with E-state index in [1.807, 2.05) is 6.92 Å². The fraction of sp³-hybridized carbons (Fsp3) is 0.200. The summed E-state index contributed by atoms with van der Waals surface area (Å²) in [6, 6.07) is 13.1. The number of aromatic amines is 1. The van der Waals surface area contributed by atoms with Crippen LogP contribution in [0.25, 0.3) is 10.9 Å². The largest absolute Gasteiger partial charge is 0.480 e. The molecule has 0 aliphatic rings. The molecular weight excluding hydrogens is 396 g/mol. The first kappa shape index (κ1) is 20.6. The van der Waals surface area contributed by atoms with Gasteiger partial charge in [-0.1, -0.05) is 35.9 Å². The van der Waals surface area contributed by atoms with Gasteiger partial charge in [-0.3, -0.25) is 4.79 Å². The third kappa shape index (κ3) is 4.30. The molecule has 3 N–H and O–H groups in total. The summed E-state index contributed by atoms with van der Waals surface area (Å²) in [4.78, 5) is 25.7. The Balaban J connectivity index is 1.96. The number of carbonyl (C=O) groups is 2. The number of rotatable bonds is 8. The number of sulfonamides is 1. The van der Waals surface area contributed by atoms with E-state index in [9.17, 15) is 28.2 Å². The minimum absolute atomic E-state index is 0.0123. The monoisotopic (exact) mass is 416 g/mol. The zero-order chi connectivity index (χ0) is 21.2. The number of benzene rings is 2. The Morgan fingerprint density at radius 3 is 2.31 bits per heavy atom. The predicted molar refractivity (Wildman–Crippen MR) is 107 cm³/mol. The maximum atomic E-state index is 13.0. The molecule has 3 rings (SSSR count). The maximum absolute atomic E-state index is 13.0. The average molecular weight is 416 g/mol. The lowest BCUT2D eigenvalue weighted by atomic mass is 10.1. The summed E-state index contributed by atoms with van der Waals surface area (Å²) in [5, 5.41) is 19.3. The summed E-state index contributed by atoms with van der Waals surface area (Å²) in [5.41, 5.74) is 1.89. The van der Waals surface area contributed by atoms with Gasteiger partial charge < -0.3 is 15.2 Å². The number of carboxylic acid groups (broad SMARTS) is 2. The number of aryl methyl sites for hydroxylation is 1. The molecule has 0 saturated heterocycles. The first-order valence-electron chi connectivity index (χ1n) is 8.81. The fourth-order valence-electron chi connectivity index (χ4n) is 3.17. The van der Waals surface area contributed by atoms with Crippen LogP contribution in [0.4, 0.5) is 0 Å². The third-order valence-corrected chi connectivity index (χ3v) is 6.47. The Morgan fingerprint density at radius 2 is 1.69 bits per heavy atom. The highest BCUT2D eigenvalue weighted by molar-refractivity contribution is 7.89. The molecule has 152 valence electrons. The molecule has 3 aromatic rings. The molecule has 8 nitrogen and oxygen atoms in total. The Bertz CT molecular complexity index is 1170. The van der Waals surface area contributed by atoms with Gasteiger partial charge in [0.2, 0.25) is 10.0 Å². The number of aliphatic carboxylic acids is 1. The van der Waals surface area contributed by atoms with Gasteiger partial charge in [-0.05, 0) is 37.1 Å². The first-order chi connectivity index (χ1) is 13.7. The molecule has 0 atom stereocenters. The summed E-state index contributed by atoms with van der Waals surface area (Å²) in [6.07, 6.45) is 0.0457. The van der Waals surface area contributed by atoms with Crippen molar-refractivity contribution in [2.45, 2.75) is 18.2 Å². The summed E-state index contributed by atoms with van der Waals surface area (Å²) < 4.78 is 26.8. The molecule has 0 radical (unpaired) electrons. The van der Waals surface area contributed by atoms with Gasteiger partial charge in [0.1, 0.15) is 12.2 Å². The molecule has 29 heavy (non-hydrogen) atoms. The zero-order valence-corrected chi connectivity index (χ0v) is 16.4. The minimum atomic E-state index is -4.06. The lowest BCUT2D eigenvalue weighted by Gasteiger charge is -2.20. The van der Waals surface area contributed by atoms with Crippen molar-refractivity contribution in [1.29, 1.82) is 0 Å². The number of aromatic carboxylic acids is 1. The quantitative estimate of drug-likeness (QED) is 0.518. The number of H-pyrrole nitrogens is 1. The van der Waals surface area contributed by atoms with Crippen LogP contribution in [0.15, 0.2) is 53.4 Å². The van der Waals surface area contributed by atoms with Crippen molar-refractivity contribution in [3.63, 3.8) is 0 Å². The fourth-order valence-corrected chi connectivity index (χ4v) is 4.56. The molecule has 0 aliphatic heterocycles. The highest BCUT2D eigenvalue weighted by atomic mass is 32.2. The van der Waals surface area contributed by atoms with Crippen LogP contribution in [0, 0.1) is 6.92 Å². The van der Waals surface area contributed by atoms with Gasteiger partial charge in [-0.2, -0.15) is 4.31 Å². The van der Waals surface area contributed by atoms with E-state index >= 15 is 0 Å². The van der Waals surface area contributed by atoms with Crippen molar-refractivity contribution in [2.75, 3.05) is 13.1 Å². The molecule has 0 fully saturated rings. The van der Waals surface area contributed by atoms with Crippen LogP contribution >= 0.6 is 0 Å². The van der Waals surface area contributed by atoms with E-state index in [0.717, 1.165) is 9.87 Å². The van der Waals surface area contributed by atoms with E-state index < -0.39 is 28.5 Å². The second kappa shape index (κ2) is 8.06. The molecule has 0 amide bonds. The van der Waals surface area contributed by atoms with Gasteiger partial charge in [0.15, 0.2) is 0 Å². The van der Waals surface area contributed by atoms with E-state index in [1.165, 1.54) is 12.1 Å². The first-order valence-corrected chi connectivity index (χ1v) is 10.3. The van der Waals surface area contributed by atoms with E-state index in [4.69, 9.17) is 0 Å². The lowest BCUT2D eigenvalue weighted by molar-refractivity contribution is -0.137. The molecule has 2 aromatic carbocycles. The van der Waals surface area contributed by atoms with Crippen molar-refractivity contribution < 1.29 is 28.2 Å². The second-order valence-electron chi connectivity index (χ2n) is 6.62. The van der Waals surface area contributed by atoms with Gasteiger partial charge in [0.05, 0.1) is 4.90 Å². The van der Waals surface area contributed by atoms with Gasteiger partial charge >= 0.3 is 11.9 Å². The SMILES string of the molecule is Cc1ccc(S(=O)(=O)N(CCc2c(C(=O)O)[nH]c3ccccc23)CC(=O)O)cc1. The summed E-state index contributed by atoms with van der Waals surface area (Å²) in [6.45, 7) is 0.918. The molecule has 1 aromatic heterocycles. The Labute approximate surface area is 167 Å². The molecule has 0 unspecified atom stereocenters. The van der Waals surface area contributed by atoms with Gasteiger partial charge in [-0.15, -0.1) is 0 Å². The highest BCUT2D eigenvalue weighted by Crippen LogP contribution is 2.24. The van der Waals surface area contributed by atoms with Crippen LogP contribution in [0.5, 0.6) is 0 Å². The van der Waals surface area contributed by atoms with Crippen LogP contribution in [-0.4, -0.2) is 52.9 Å². The number of aromatic nitrogens is 1. The molecule has 9 heteroatoms. The molecule has 0 spiro atoms. The normalized spacial score (nSPS) is 11.8. The zero-order valence-electron chi connectivity index (χ0n) is 15.6. The predicted octanol–water partition coefficient (Wildman–Crippen LogP) is 2.49. The van der Waals surface area contributed by atoms with E-state index in [-0.39, 0.29) is 23.6 Å². The maximum Gasteiger partial charge on any atom is 0.352 e. The molecule has 0 aliphatic carbocycles. The number of hydrogen-bond donors (Lipinski definition) is 3. The Kier molecular flexibility index (Phi) is 5.71. The second-order valence-corrected chi connectivity index (χ2v) is 8.56. The summed E-state index contributed by atoms with van der Waals surface area (Å²) >= 11 is 0. The standard InChI is InChI=1S/C20H20N2O6S/c1-13-6-8-14(9-7-13)29(27,28)22(12-18(23)24)11-10-16-15-4-2-3-5-17(15)21-19(16)20(25)26/h2-9,21H,10-12H2,1H3,(H,23,24)(H,25,26). The van der Waals surface area contributed by atoms with Crippen LogP contribution in [0.3, 0.4) is 0 Å². The lowest BCUT2D eigenvalue weighted by Crippen LogP contribution is -2.37. The van der Waals surface area contributed by atoms with Crippen molar-refractivity contribution in [2.24, 2.45) is 0 Å². The highest BCUT2D eigenvalue weighted by Gasteiger charge is 2.27. The molecule has 1 heterocycles. The van der Waals surface area contributed by atoms with Crippen molar-refractivity contribution in [3.8, 4) is 0 Å². The minimum Gasteiger partial charge on any atom is -0.480 e. The van der Waals surface area contributed by atoms with Crippen LogP contribution < -0.4 is 0 Å². The topological polar surface area (TPSA) is 128 Å². The van der Waals surface area contributed by atoms with Gasteiger partial charge in [0, 0.05) is 17.4 Å². The molecule has 0 bridgehead atoms. The number of carboxylic acids is 2. The number of nitrogens with one attached hydrogen (secondary N) is 1. The Hall–Kier alpha value is -3.17. The van der Waals surface area contributed by atoms with E-state index in [1.54, 1.807) is 36.4 Å². The van der Waals surface area contributed by atoms with Crippen molar-refractivity contribution in [1.82, 2.24) is 9.29 Å². The molecular formula is C20H20N2O6S. The Morgan fingerprint density at radius 1 is 1.03 bits per heavy atom. The third-order valence-electron chi connectivity index (χ3n) is 4.61.